The van der Waals surface area contributed by atoms with Gasteiger partial charge >= 0.3 is 12.7 Å². The van der Waals surface area contributed by atoms with Gasteiger partial charge in [-0.2, -0.15) is 13.2 Å². The maximum absolute atomic E-state index is 10.0. The lowest BCUT2D eigenvalue weighted by Crippen LogP contribution is -2.20. The fourth-order valence-corrected chi connectivity index (χ4v) is 2.07. The van der Waals surface area contributed by atoms with Crippen LogP contribution in [0, 0.1) is 0 Å². The van der Waals surface area contributed by atoms with Gasteiger partial charge in [-0.25, -0.2) is 4.79 Å². The highest BCUT2D eigenvalue weighted by Gasteiger charge is 2.09. The molecule has 0 atom stereocenters. The van der Waals surface area contributed by atoms with Gasteiger partial charge in [0.1, 0.15) is 5.75 Å². The molecule has 1 saturated heterocycles. The van der Waals surface area contributed by atoms with Gasteiger partial charge in [-0.15, -0.1) is 0 Å². The molecule has 2 heterocycles. The van der Waals surface area contributed by atoms with Crippen LogP contribution in [-0.4, -0.2) is 32.4 Å². The van der Waals surface area contributed by atoms with Crippen LogP contribution in [0.25, 0.3) is 0 Å². The van der Waals surface area contributed by atoms with E-state index >= 15 is 0 Å². The molecule has 1 aromatic rings. The van der Waals surface area contributed by atoms with Crippen molar-refractivity contribution in [2.24, 2.45) is 0 Å². The number of aryl methyl sites for hydroxylation is 1. The summed E-state index contributed by atoms with van der Waals surface area (Å²) in [6.45, 7) is -1.25. The van der Waals surface area contributed by atoms with Crippen molar-refractivity contribution in [2.45, 2.75) is 19.5 Å². The lowest BCUT2D eigenvalue weighted by atomic mass is 10.1. The lowest BCUT2D eigenvalue weighted by molar-refractivity contribution is 0.00819. The van der Waals surface area contributed by atoms with Gasteiger partial charge in [0.15, 0.2) is 0 Å². The van der Waals surface area contributed by atoms with Crippen molar-refractivity contribution in [1.29, 1.82) is 0 Å². The van der Waals surface area contributed by atoms with Gasteiger partial charge in [0, 0.05) is 17.6 Å². The Morgan fingerprint density at radius 3 is 2.33 bits per heavy atom. The number of halogens is 4. The highest BCUT2D eigenvalue weighted by molar-refractivity contribution is 9.10. The van der Waals surface area contributed by atoms with Gasteiger partial charge in [-0.05, 0) is 30.5 Å². The number of fused-ring (bicyclic) bond motifs is 1. The van der Waals surface area contributed by atoms with Crippen molar-refractivity contribution in [2.75, 3.05) is 19.7 Å². The van der Waals surface area contributed by atoms with Crippen LogP contribution < -0.4 is 15.4 Å². The summed E-state index contributed by atoms with van der Waals surface area (Å²) in [5.41, 5.74) is 1.33. The third-order valence-corrected chi connectivity index (χ3v) is 3.07. The van der Waals surface area contributed by atoms with Crippen LogP contribution in [0.3, 0.4) is 0 Å². The Kier molecular flexibility index (Phi) is 7.96. The van der Waals surface area contributed by atoms with E-state index in [0.717, 1.165) is 42.8 Å². The standard InChI is InChI=1S/C9H9BrO.C3H6N2O.CHF3/c10-8-4-3-7-2-1-5-11-9(7)6-8;6-3-4-1-2-5-3;2-1(3)4/h3-4,6H,1-2,5H2;1-2H2,(H2,4,5,6);1H. The van der Waals surface area contributed by atoms with Crippen LogP contribution >= 0.6 is 15.9 Å². The second kappa shape index (κ2) is 9.49. The first-order valence-electron chi connectivity index (χ1n) is 6.34. The van der Waals surface area contributed by atoms with E-state index in [0.29, 0.717) is 0 Å². The monoisotopic (exact) mass is 368 g/mol. The van der Waals surface area contributed by atoms with E-state index in [9.17, 15) is 18.0 Å². The highest BCUT2D eigenvalue weighted by Crippen LogP contribution is 2.27. The molecule has 2 amide bonds. The predicted octanol–water partition coefficient (Wildman–Crippen LogP) is 3.25. The summed E-state index contributed by atoms with van der Waals surface area (Å²) in [4.78, 5) is 10.0. The van der Waals surface area contributed by atoms with Crippen molar-refractivity contribution < 1.29 is 22.7 Å². The SMILES string of the molecule is Brc1ccc2c(c1)OCCC2.FC(F)F.O=C1NCCN1. The first-order valence-corrected chi connectivity index (χ1v) is 7.13. The molecule has 0 unspecified atom stereocenters. The summed E-state index contributed by atoms with van der Waals surface area (Å²) < 4.78 is 35.6. The molecule has 0 spiro atoms. The first kappa shape index (κ1) is 17.6. The Morgan fingerprint density at radius 1 is 1.19 bits per heavy atom. The average molecular weight is 369 g/mol. The quantitative estimate of drug-likeness (QED) is 0.738. The Bertz CT molecular complexity index is 450. The normalized spacial score (nSPS) is 15.4. The molecule has 0 saturated carbocycles. The molecule has 2 aliphatic heterocycles. The minimum atomic E-state index is -3.67. The third-order valence-electron chi connectivity index (χ3n) is 2.57. The van der Waals surface area contributed by atoms with E-state index in [-0.39, 0.29) is 6.03 Å². The van der Waals surface area contributed by atoms with Crippen LogP contribution in [0.5, 0.6) is 5.75 Å². The highest BCUT2D eigenvalue weighted by atomic mass is 79.9. The van der Waals surface area contributed by atoms with Crippen molar-refractivity contribution in [3.05, 3.63) is 28.2 Å². The topological polar surface area (TPSA) is 50.4 Å². The number of carbonyl (C=O) groups is 1. The van der Waals surface area contributed by atoms with Crippen LogP contribution in [0.15, 0.2) is 22.7 Å². The zero-order valence-corrected chi connectivity index (χ0v) is 12.8. The summed E-state index contributed by atoms with van der Waals surface area (Å²) in [7, 11) is 0. The molecule has 1 fully saturated rings. The number of urea groups is 1. The third kappa shape index (κ3) is 7.79. The van der Waals surface area contributed by atoms with E-state index in [1.54, 1.807) is 0 Å². The number of alkyl halides is 3. The Balaban J connectivity index is 0.000000187. The van der Waals surface area contributed by atoms with Gasteiger partial charge < -0.3 is 15.4 Å². The maximum atomic E-state index is 10.0. The second-order valence-electron chi connectivity index (χ2n) is 4.13. The predicted molar refractivity (Wildman–Crippen MR) is 76.5 cm³/mol. The molecule has 2 N–H and O–H groups in total. The fraction of sp³-hybridized carbons (Fsp3) is 0.462. The lowest BCUT2D eigenvalue weighted by Gasteiger charge is -2.16. The van der Waals surface area contributed by atoms with Crippen LogP contribution in [0.4, 0.5) is 18.0 Å². The van der Waals surface area contributed by atoms with Gasteiger partial charge in [0.05, 0.1) is 6.61 Å². The maximum Gasteiger partial charge on any atom is 0.379 e. The molecule has 21 heavy (non-hydrogen) atoms. The van der Waals surface area contributed by atoms with Gasteiger partial charge in [-0.3, -0.25) is 0 Å². The smallest absolute Gasteiger partial charge is 0.379 e. The molecule has 2 aliphatic rings. The number of benzene rings is 1. The Labute approximate surface area is 129 Å². The molecule has 0 radical (unpaired) electrons. The minimum Gasteiger partial charge on any atom is -0.493 e. The molecule has 1 aromatic carbocycles. The van der Waals surface area contributed by atoms with Crippen LogP contribution in [0.2, 0.25) is 0 Å². The van der Waals surface area contributed by atoms with Gasteiger partial charge in [-0.1, -0.05) is 22.0 Å². The van der Waals surface area contributed by atoms with Crippen molar-refractivity contribution in [1.82, 2.24) is 10.6 Å². The molecule has 4 nitrogen and oxygen atoms in total. The summed E-state index contributed by atoms with van der Waals surface area (Å²) in [5, 5.41) is 5.14. The van der Waals surface area contributed by atoms with Crippen molar-refractivity contribution in [3.63, 3.8) is 0 Å². The van der Waals surface area contributed by atoms with Crippen LogP contribution in [-0.2, 0) is 6.42 Å². The first-order chi connectivity index (χ1) is 9.99. The van der Waals surface area contributed by atoms with E-state index in [2.05, 4.69) is 38.7 Å². The number of hydrogen-bond acceptors (Lipinski definition) is 2. The van der Waals surface area contributed by atoms with E-state index in [1.807, 2.05) is 6.07 Å². The second-order valence-corrected chi connectivity index (χ2v) is 5.05. The number of rotatable bonds is 0. The summed E-state index contributed by atoms with van der Waals surface area (Å²) in [6, 6.07) is 6.18. The number of hydrogen-bond donors (Lipinski definition) is 2. The molecule has 8 heteroatoms. The number of nitrogens with one attached hydrogen (secondary N) is 2. The zero-order chi connectivity index (χ0) is 15.7. The molecular formula is C13H16BrF3N2O2. The number of amides is 2. The molecule has 118 valence electrons. The van der Waals surface area contributed by atoms with Crippen molar-refractivity contribution >= 4 is 22.0 Å². The minimum absolute atomic E-state index is 0.0463. The number of carbonyl (C=O) groups excluding carboxylic acids is 1. The summed E-state index contributed by atoms with van der Waals surface area (Å²) in [6.07, 6.45) is 2.30. The molecule has 0 aliphatic carbocycles. The zero-order valence-electron chi connectivity index (χ0n) is 11.2. The number of ether oxygens (including phenoxy) is 1. The molecule has 0 aromatic heterocycles. The molecule has 0 bridgehead atoms. The molecular weight excluding hydrogens is 353 g/mol. The fourth-order valence-electron chi connectivity index (χ4n) is 1.73. The van der Waals surface area contributed by atoms with Crippen molar-refractivity contribution in [3.8, 4) is 5.75 Å². The van der Waals surface area contributed by atoms with E-state index in [1.165, 1.54) is 5.56 Å². The average Bonchev–Trinajstić information content (AvgIpc) is 2.90. The summed E-state index contributed by atoms with van der Waals surface area (Å²) >= 11 is 3.41. The van der Waals surface area contributed by atoms with Gasteiger partial charge in [0.2, 0.25) is 0 Å². The van der Waals surface area contributed by atoms with Gasteiger partial charge in [0.25, 0.3) is 0 Å². The largest absolute Gasteiger partial charge is 0.493 e. The summed E-state index contributed by atoms with van der Waals surface area (Å²) in [5.74, 6) is 1.05. The molecule has 3 rings (SSSR count). The Morgan fingerprint density at radius 2 is 1.81 bits per heavy atom. The van der Waals surface area contributed by atoms with Crippen LogP contribution in [0.1, 0.15) is 12.0 Å². The Hall–Kier alpha value is -1.44. The van der Waals surface area contributed by atoms with E-state index < -0.39 is 6.68 Å². The van der Waals surface area contributed by atoms with E-state index in [4.69, 9.17) is 4.74 Å².